The van der Waals surface area contributed by atoms with Crippen molar-refractivity contribution in [3.63, 3.8) is 0 Å². The Morgan fingerprint density at radius 2 is 1.36 bits per heavy atom. The van der Waals surface area contributed by atoms with Crippen molar-refractivity contribution < 1.29 is 18.4 Å². The maximum Gasteiger partial charge on any atom is 0.255 e. The summed E-state index contributed by atoms with van der Waals surface area (Å²) in [5.41, 5.74) is 0.252. The maximum absolute atomic E-state index is 13.7. The average Bonchev–Trinajstić information content (AvgIpc) is 2.71. The molecule has 0 bridgehead atoms. The first-order valence-electron chi connectivity index (χ1n) is 8.15. The van der Waals surface area contributed by atoms with E-state index < -0.39 is 29.1 Å². The highest BCUT2D eigenvalue weighted by atomic mass is 19.1. The number of rotatable bonds is 4. The number of nitriles is 1. The molecular formula is C21H13F2N3O2. The van der Waals surface area contributed by atoms with Crippen LogP contribution in [0.25, 0.3) is 0 Å². The Morgan fingerprint density at radius 3 is 2.00 bits per heavy atom. The predicted octanol–water partition coefficient (Wildman–Crippen LogP) is 4.34. The van der Waals surface area contributed by atoms with E-state index in [4.69, 9.17) is 5.26 Å². The summed E-state index contributed by atoms with van der Waals surface area (Å²) < 4.78 is 27.4. The van der Waals surface area contributed by atoms with E-state index in [1.165, 1.54) is 30.3 Å². The summed E-state index contributed by atoms with van der Waals surface area (Å²) in [6.07, 6.45) is 0. The largest absolute Gasteiger partial charge is 0.321 e. The Kier molecular flexibility index (Phi) is 5.42. The van der Waals surface area contributed by atoms with Gasteiger partial charge in [-0.3, -0.25) is 9.59 Å². The summed E-state index contributed by atoms with van der Waals surface area (Å²) in [6, 6.07) is 17.3. The highest BCUT2D eigenvalue weighted by Crippen LogP contribution is 2.20. The number of anilines is 2. The van der Waals surface area contributed by atoms with Crippen LogP contribution in [0, 0.1) is 23.0 Å². The van der Waals surface area contributed by atoms with E-state index in [2.05, 4.69) is 10.6 Å². The first kappa shape index (κ1) is 18.7. The summed E-state index contributed by atoms with van der Waals surface area (Å²) in [4.78, 5) is 24.8. The highest BCUT2D eigenvalue weighted by molar-refractivity contribution is 6.09. The zero-order valence-electron chi connectivity index (χ0n) is 14.4. The van der Waals surface area contributed by atoms with Gasteiger partial charge in [0.05, 0.1) is 11.3 Å². The van der Waals surface area contributed by atoms with Crippen LogP contribution in [0.4, 0.5) is 20.2 Å². The van der Waals surface area contributed by atoms with Gasteiger partial charge >= 0.3 is 0 Å². The molecule has 0 fully saturated rings. The number of nitrogens with one attached hydrogen (secondary N) is 2. The molecule has 28 heavy (non-hydrogen) atoms. The smallest absolute Gasteiger partial charge is 0.255 e. The van der Waals surface area contributed by atoms with E-state index >= 15 is 0 Å². The van der Waals surface area contributed by atoms with Crippen LogP contribution in [0.15, 0.2) is 66.7 Å². The second-order valence-electron chi connectivity index (χ2n) is 5.74. The van der Waals surface area contributed by atoms with Crippen LogP contribution >= 0.6 is 0 Å². The van der Waals surface area contributed by atoms with Crippen LogP contribution in [0.1, 0.15) is 26.3 Å². The van der Waals surface area contributed by atoms with Crippen molar-refractivity contribution in [3.8, 4) is 6.07 Å². The van der Waals surface area contributed by atoms with Crippen molar-refractivity contribution in [3.05, 3.63) is 95.1 Å². The normalized spacial score (nSPS) is 10.0. The van der Waals surface area contributed by atoms with Crippen LogP contribution in [0.5, 0.6) is 0 Å². The maximum atomic E-state index is 13.7. The first-order valence-corrected chi connectivity index (χ1v) is 8.15. The number of carbonyl (C=O) groups excluding carboxylic acids is 2. The minimum Gasteiger partial charge on any atom is -0.321 e. The summed E-state index contributed by atoms with van der Waals surface area (Å²) in [5, 5.41) is 13.9. The second kappa shape index (κ2) is 8.10. The van der Waals surface area contributed by atoms with Gasteiger partial charge in [-0.15, -0.1) is 0 Å². The molecule has 3 aromatic carbocycles. The van der Waals surface area contributed by atoms with E-state index in [0.29, 0.717) is 11.3 Å². The molecule has 3 rings (SSSR count). The van der Waals surface area contributed by atoms with Crippen LogP contribution < -0.4 is 10.6 Å². The number of benzene rings is 3. The number of hydrogen-bond acceptors (Lipinski definition) is 3. The fraction of sp³-hybridized carbons (Fsp3) is 0. The SMILES string of the molecule is N#Cc1ccccc1NC(=O)c1cccc(C(=O)Nc2c(F)cccc2F)c1. The molecule has 0 aliphatic rings. The fourth-order valence-electron chi connectivity index (χ4n) is 2.49. The molecule has 0 heterocycles. The lowest BCUT2D eigenvalue weighted by atomic mass is 10.1. The van der Waals surface area contributed by atoms with Crippen molar-refractivity contribution in [2.24, 2.45) is 0 Å². The van der Waals surface area contributed by atoms with Crippen molar-refractivity contribution in [1.82, 2.24) is 0 Å². The molecule has 0 saturated heterocycles. The molecule has 0 aliphatic carbocycles. The van der Waals surface area contributed by atoms with Gasteiger partial charge in [0.25, 0.3) is 11.8 Å². The van der Waals surface area contributed by atoms with E-state index in [1.807, 2.05) is 6.07 Å². The van der Waals surface area contributed by atoms with E-state index in [0.717, 1.165) is 12.1 Å². The van der Waals surface area contributed by atoms with Gasteiger partial charge in [-0.25, -0.2) is 8.78 Å². The third kappa shape index (κ3) is 4.02. The molecule has 2 N–H and O–H groups in total. The number of nitrogens with zero attached hydrogens (tertiary/aromatic N) is 1. The molecule has 0 saturated carbocycles. The van der Waals surface area contributed by atoms with Gasteiger partial charge in [0.2, 0.25) is 0 Å². The molecule has 0 atom stereocenters. The van der Waals surface area contributed by atoms with Gasteiger partial charge in [0.15, 0.2) is 0 Å². The van der Waals surface area contributed by atoms with Crippen LogP contribution in [0.2, 0.25) is 0 Å². The lowest BCUT2D eigenvalue weighted by molar-refractivity contribution is 0.102. The molecule has 7 heteroatoms. The molecule has 3 aromatic rings. The molecule has 0 aromatic heterocycles. The number of hydrogen-bond donors (Lipinski definition) is 2. The van der Waals surface area contributed by atoms with Gasteiger partial charge in [-0.05, 0) is 42.5 Å². The third-order valence-corrected chi connectivity index (χ3v) is 3.88. The number of para-hydroxylation sites is 2. The van der Waals surface area contributed by atoms with Crippen molar-refractivity contribution in [1.29, 1.82) is 5.26 Å². The van der Waals surface area contributed by atoms with Crippen LogP contribution in [-0.2, 0) is 0 Å². The Balaban J connectivity index is 1.81. The molecule has 5 nitrogen and oxygen atoms in total. The number of amides is 2. The zero-order valence-corrected chi connectivity index (χ0v) is 14.4. The van der Waals surface area contributed by atoms with Gasteiger partial charge in [-0.1, -0.05) is 24.3 Å². The van der Waals surface area contributed by atoms with E-state index in [9.17, 15) is 18.4 Å². The standard InChI is InChI=1S/C21H13F2N3O2/c22-16-8-4-9-17(23)19(16)26-21(28)14-7-3-6-13(11-14)20(27)25-18-10-2-1-5-15(18)12-24/h1-11H,(H,25,27)(H,26,28). The molecule has 0 unspecified atom stereocenters. The van der Waals surface area contributed by atoms with Crippen LogP contribution in [0.3, 0.4) is 0 Å². The summed E-state index contributed by atoms with van der Waals surface area (Å²) >= 11 is 0. The third-order valence-electron chi connectivity index (χ3n) is 3.88. The lowest BCUT2D eigenvalue weighted by Gasteiger charge is -2.10. The van der Waals surface area contributed by atoms with Crippen molar-refractivity contribution in [2.45, 2.75) is 0 Å². The topological polar surface area (TPSA) is 82.0 Å². The molecular weight excluding hydrogens is 364 g/mol. The van der Waals surface area contributed by atoms with Crippen molar-refractivity contribution in [2.75, 3.05) is 10.6 Å². The molecule has 2 amide bonds. The number of carbonyl (C=O) groups is 2. The Hall–Kier alpha value is -4.05. The molecule has 0 radical (unpaired) electrons. The van der Waals surface area contributed by atoms with Crippen molar-refractivity contribution >= 4 is 23.2 Å². The Labute approximate surface area is 159 Å². The van der Waals surface area contributed by atoms with Gasteiger partial charge < -0.3 is 10.6 Å². The molecule has 138 valence electrons. The van der Waals surface area contributed by atoms with Gasteiger partial charge in [-0.2, -0.15) is 5.26 Å². The summed E-state index contributed by atoms with van der Waals surface area (Å²) in [7, 11) is 0. The quantitative estimate of drug-likeness (QED) is 0.710. The predicted molar refractivity (Wildman–Crippen MR) is 99.9 cm³/mol. The monoisotopic (exact) mass is 377 g/mol. The highest BCUT2D eigenvalue weighted by Gasteiger charge is 2.15. The summed E-state index contributed by atoms with van der Waals surface area (Å²) in [5.74, 6) is -3.11. The van der Waals surface area contributed by atoms with Gasteiger partial charge in [0.1, 0.15) is 23.4 Å². The molecule has 0 spiro atoms. The lowest BCUT2D eigenvalue weighted by Crippen LogP contribution is -2.17. The first-order chi connectivity index (χ1) is 13.5. The van der Waals surface area contributed by atoms with E-state index in [1.54, 1.807) is 24.3 Å². The average molecular weight is 377 g/mol. The fourth-order valence-corrected chi connectivity index (χ4v) is 2.49. The van der Waals surface area contributed by atoms with E-state index in [-0.39, 0.29) is 11.1 Å². The minimum absolute atomic E-state index is 0.0453. The minimum atomic E-state index is -0.907. The second-order valence-corrected chi connectivity index (χ2v) is 5.74. The molecule has 0 aliphatic heterocycles. The van der Waals surface area contributed by atoms with Crippen LogP contribution in [-0.4, -0.2) is 11.8 Å². The number of halogens is 2. The zero-order chi connectivity index (χ0) is 20.1. The Bertz CT molecular complexity index is 1090. The summed E-state index contributed by atoms with van der Waals surface area (Å²) in [6.45, 7) is 0. The van der Waals surface area contributed by atoms with Gasteiger partial charge in [0, 0.05) is 11.1 Å². The Morgan fingerprint density at radius 1 is 0.786 bits per heavy atom.